The largest absolute Gasteiger partial charge is 0.448 e. The third-order valence-corrected chi connectivity index (χ3v) is 2.42. The van der Waals surface area contributed by atoms with Crippen molar-refractivity contribution < 1.29 is 54.0 Å². The molecule has 1 aliphatic heterocycles. The maximum atomic E-state index is 11.8. The van der Waals surface area contributed by atoms with Gasteiger partial charge in [0.2, 0.25) is 0 Å². The predicted octanol–water partition coefficient (Wildman–Crippen LogP) is 0.828. The van der Waals surface area contributed by atoms with Crippen LogP contribution < -0.4 is 0 Å². The molecule has 4 heteroatoms. The van der Waals surface area contributed by atoms with E-state index in [4.69, 9.17) is 0 Å². The SMILES string of the molecule is [Ac].[CH2-]N1C[C@H](O)C[C@H]1C(=O)C(C)(C)C. The van der Waals surface area contributed by atoms with E-state index in [1.54, 1.807) is 4.90 Å². The van der Waals surface area contributed by atoms with Gasteiger partial charge in [-0.2, -0.15) is 0 Å². The smallest absolute Gasteiger partial charge is 0.152 e. The molecule has 1 N–H and O–H groups in total. The minimum absolute atomic E-state index is 0. The number of hydrogen-bond donors (Lipinski definition) is 1. The van der Waals surface area contributed by atoms with Crippen molar-refractivity contribution in [2.45, 2.75) is 39.3 Å². The van der Waals surface area contributed by atoms with E-state index < -0.39 is 6.10 Å². The fourth-order valence-electron chi connectivity index (χ4n) is 1.65. The quantitative estimate of drug-likeness (QED) is 0.650. The van der Waals surface area contributed by atoms with Gasteiger partial charge in [-0.15, -0.1) is 0 Å². The van der Waals surface area contributed by atoms with E-state index in [1.165, 1.54) is 0 Å². The first-order valence-electron chi connectivity index (χ1n) is 4.62. The van der Waals surface area contributed by atoms with Crippen LogP contribution in [0.3, 0.4) is 0 Å². The fourth-order valence-corrected chi connectivity index (χ4v) is 1.65. The molecule has 0 aromatic carbocycles. The number of rotatable bonds is 1. The molecule has 0 spiro atoms. The van der Waals surface area contributed by atoms with Crippen LogP contribution in [0.1, 0.15) is 27.2 Å². The van der Waals surface area contributed by atoms with Crippen LogP contribution >= 0.6 is 0 Å². The van der Waals surface area contributed by atoms with Crippen molar-refractivity contribution in [1.82, 2.24) is 4.90 Å². The minimum Gasteiger partial charge on any atom is -0.448 e. The van der Waals surface area contributed by atoms with Crippen LogP contribution in [0.5, 0.6) is 0 Å². The summed E-state index contributed by atoms with van der Waals surface area (Å²) in [5.41, 5.74) is -0.343. The molecule has 3 nitrogen and oxygen atoms in total. The Kier molecular flexibility index (Phi) is 5.78. The van der Waals surface area contributed by atoms with Gasteiger partial charge in [-0.3, -0.25) is 11.8 Å². The number of likely N-dealkylation sites (tertiary alicyclic amines) is 1. The summed E-state index contributed by atoms with van der Waals surface area (Å²) < 4.78 is 0. The molecule has 14 heavy (non-hydrogen) atoms. The van der Waals surface area contributed by atoms with Gasteiger partial charge in [0, 0.05) is 55.5 Å². The van der Waals surface area contributed by atoms with Gasteiger partial charge < -0.3 is 10.0 Å². The van der Waals surface area contributed by atoms with E-state index in [2.05, 4.69) is 7.05 Å². The molecular weight excluding hydrogens is 393 g/mol. The van der Waals surface area contributed by atoms with Crippen LogP contribution in [0, 0.1) is 56.5 Å². The summed E-state index contributed by atoms with van der Waals surface area (Å²) in [6.45, 7) is 6.20. The summed E-state index contributed by atoms with van der Waals surface area (Å²) in [7, 11) is 3.76. The molecule has 1 radical (unpaired) electrons. The molecule has 0 saturated carbocycles. The summed E-state index contributed by atoms with van der Waals surface area (Å²) >= 11 is 0. The molecule has 0 bridgehead atoms. The number of aliphatic hydroxyl groups excluding tert-OH is 1. The Bertz CT molecular complexity index is 213. The Morgan fingerprint density at radius 1 is 1.50 bits per heavy atom. The summed E-state index contributed by atoms with van der Waals surface area (Å²) in [5.74, 6) is 0.166. The Labute approximate surface area is 122 Å². The van der Waals surface area contributed by atoms with Crippen LogP contribution in [-0.2, 0) is 4.79 Å². The van der Waals surface area contributed by atoms with Gasteiger partial charge in [-0.25, -0.2) is 0 Å². The van der Waals surface area contributed by atoms with Crippen LogP contribution in [-0.4, -0.2) is 34.5 Å². The third-order valence-electron chi connectivity index (χ3n) is 2.42. The fraction of sp³-hybridized carbons (Fsp3) is 0.800. The zero-order valence-corrected chi connectivity index (χ0v) is 13.9. The summed E-state index contributed by atoms with van der Waals surface area (Å²) in [6.07, 6.45) is 0.133. The molecule has 0 aromatic rings. The summed E-state index contributed by atoms with van der Waals surface area (Å²) in [4.78, 5) is 13.5. The van der Waals surface area contributed by atoms with Crippen molar-refractivity contribution in [3.63, 3.8) is 0 Å². The molecule has 1 rings (SSSR count). The molecule has 1 heterocycles. The van der Waals surface area contributed by atoms with Crippen molar-refractivity contribution >= 4 is 5.78 Å². The number of hydrogen-bond acceptors (Lipinski definition) is 3. The van der Waals surface area contributed by atoms with Gasteiger partial charge in [0.25, 0.3) is 0 Å². The average molecular weight is 411 g/mol. The molecule has 0 unspecified atom stereocenters. The number of aliphatic hydroxyl groups is 1. The van der Waals surface area contributed by atoms with Gasteiger partial charge in [0.15, 0.2) is 5.78 Å². The topological polar surface area (TPSA) is 40.5 Å². The first kappa shape index (κ1) is 15.0. The molecule has 1 aliphatic rings. The maximum absolute atomic E-state index is 11.8. The van der Waals surface area contributed by atoms with Crippen LogP contribution in [0.25, 0.3) is 0 Å². The number of β-amino-alcohol motifs (C(OH)–C–C–N with tert-alkyl or cyclic N) is 1. The van der Waals surface area contributed by atoms with Gasteiger partial charge >= 0.3 is 0 Å². The molecule has 0 amide bonds. The van der Waals surface area contributed by atoms with Gasteiger partial charge in [-0.1, -0.05) is 20.8 Å². The van der Waals surface area contributed by atoms with Crippen molar-refractivity contribution in [1.29, 1.82) is 0 Å². The summed E-state index contributed by atoms with van der Waals surface area (Å²) in [5, 5.41) is 9.35. The molecule has 2 atom stereocenters. The van der Waals surface area contributed by atoms with Gasteiger partial charge in [-0.05, 0) is 13.0 Å². The standard InChI is InChI=1S/C10H18NO2.Ac/c1-10(2,3)9(13)8-5-7(12)6-11(8)4;/h7-8,12H,4-6H2,1-3H3;/q-1;/t7-,8+;/m1./s1. The van der Waals surface area contributed by atoms with Crippen LogP contribution in [0.4, 0.5) is 0 Å². The molecule has 79 valence electrons. The Balaban J connectivity index is 0.00000169. The Hall–Kier alpha value is 1.03. The van der Waals surface area contributed by atoms with E-state index in [-0.39, 0.29) is 61.3 Å². The maximum Gasteiger partial charge on any atom is 0.152 e. The minimum atomic E-state index is -0.395. The number of ketones is 1. The zero-order chi connectivity index (χ0) is 10.2. The second-order valence-corrected chi connectivity index (χ2v) is 4.79. The van der Waals surface area contributed by atoms with E-state index >= 15 is 0 Å². The van der Waals surface area contributed by atoms with Crippen molar-refractivity contribution in [2.24, 2.45) is 5.41 Å². The Morgan fingerprint density at radius 3 is 2.29 bits per heavy atom. The zero-order valence-electron chi connectivity index (χ0n) is 9.16. The number of Topliss-reactive ketones (excluding diaryl/α,β-unsaturated/α-hetero) is 1. The number of carbonyl (C=O) groups is 1. The summed E-state index contributed by atoms with van der Waals surface area (Å²) in [6, 6.07) is -0.199. The Morgan fingerprint density at radius 2 is 2.00 bits per heavy atom. The van der Waals surface area contributed by atoms with E-state index in [0.717, 1.165) is 0 Å². The normalized spacial score (nSPS) is 28.6. The van der Waals surface area contributed by atoms with E-state index in [0.29, 0.717) is 13.0 Å². The number of nitrogens with zero attached hydrogens (tertiary/aromatic N) is 1. The van der Waals surface area contributed by atoms with E-state index in [9.17, 15) is 9.90 Å². The predicted molar refractivity (Wildman–Crippen MR) is 50.9 cm³/mol. The van der Waals surface area contributed by atoms with Gasteiger partial charge in [0.05, 0.1) is 6.10 Å². The van der Waals surface area contributed by atoms with Crippen LogP contribution in [0.2, 0.25) is 0 Å². The van der Waals surface area contributed by atoms with Crippen molar-refractivity contribution in [3.8, 4) is 0 Å². The molecule has 0 aliphatic carbocycles. The van der Waals surface area contributed by atoms with E-state index in [1.807, 2.05) is 20.8 Å². The molecule has 1 saturated heterocycles. The monoisotopic (exact) mass is 411 g/mol. The molecule has 0 aromatic heterocycles. The van der Waals surface area contributed by atoms with Crippen molar-refractivity contribution in [3.05, 3.63) is 7.05 Å². The first-order valence-corrected chi connectivity index (χ1v) is 4.62. The van der Waals surface area contributed by atoms with Crippen molar-refractivity contribution in [2.75, 3.05) is 6.54 Å². The first-order chi connectivity index (χ1) is 5.82. The van der Waals surface area contributed by atoms with Crippen LogP contribution in [0.15, 0.2) is 0 Å². The number of carbonyl (C=O) groups excluding carboxylic acids is 1. The third kappa shape index (κ3) is 3.56. The second-order valence-electron chi connectivity index (χ2n) is 4.79. The second kappa shape index (κ2) is 5.39. The molecule has 1 fully saturated rings. The molecular formula is C10H18AcNO2-. The average Bonchev–Trinajstić information content (AvgIpc) is 2.26. The van der Waals surface area contributed by atoms with Gasteiger partial charge in [0.1, 0.15) is 0 Å².